The zero-order valence-corrected chi connectivity index (χ0v) is 16.0. The van der Waals surface area contributed by atoms with E-state index in [1.807, 2.05) is 6.92 Å². The summed E-state index contributed by atoms with van der Waals surface area (Å²) in [5.41, 5.74) is -1.28. The average molecular weight is 425 g/mol. The smallest absolute Gasteiger partial charge is 0.416 e. The van der Waals surface area contributed by atoms with E-state index in [0.717, 1.165) is 18.2 Å². The van der Waals surface area contributed by atoms with Gasteiger partial charge in [-0.25, -0.2) is 0 Å². The number of ether oxygens (including phenoxy) is 1. The van der Waals surface area contributed by atoms with Gasteiger partial charge < -0.3 is 14.6 Å². The zero-order chi connectivity index (χ0) is 21.2. The number of amides is 1. The van der Waals surface area contributed by atoms with Gasteiger partial charge in [0, 0.05) is 18.1 Å². The highest BCUT2D eigenvalue weighted by molar-refractivity contribution is 6.33. The first kappa shape index (κ1) is 20.7. The molecule has 0 saturated heterocycles. The van der Waals surface area contributed by atoms with Gasteiger partial charge in [-0.3, -0.25) is 9.59 Å². The highest BCUT2D eigenvalue weighted by Crippen LogP contribution is 2.33. The summed E-state index contributed by atoms with van der Waals surface area (Å²) in [5.74, 6) is -0.377. The van der Waals surface area contributed by atoms with Crippen molar-refractivity contribution in [1.29, 1.82) is 0 Å². The molecule has 2 aromatic carbocycles. The number of anilines is 1. The molecule has 29 heavy (non-hydrogen) atoms. The number of fused-ring (bicyclic) bond motifs is 1. The molecule has 5 nitrogen and oxygen atoms in total. The molecule has 0 saturated carbocycles. The number of alkyl halides is 3. The van der Waals surface area contributed by atoms with Crippen LogP contribution in [0.4, 0.5) is 18.9 Å². The third kappa shape index (κ3) is 4.54. The average Bonchev–Trinajstić information content (AvgIpc) is 2.67. The van der Waals surface area contributed by atoms with Crippen molar-refractivity contribution < 1.29 is 22.7 Å². The summed E-state index contributed by atoms with van der Waals surface area (Å²) in [5, 5.41) is 3.25. The lowest BCUT2D eigenvalue weighted by Gasteiger charge is -2.13. The van der Waals surface area contributed by atoms with E-state index in [1.54, 1.807) is 30.5 Å². The van der Waals surface area contributed by atoms with E-state index in [9.17, 15) is 22.8 Å². The van der Waals surface area contributed by atoms with Crippen LogP contribution in [0, 0.1) is 0 Å². The maximum atomic E-state index is 12.8. The largest absolute Gasteiger partial charge is 0.483 e. The molecule has 0 bridgehead atoms. The SMILES string of the molecule is CCn1ccc2c(OCC(=O)Nc3cc(C(F)(F)F)ccc3Cl)cccc2c1=O. The number of hydrogen-bond acceptors (Lipinski definition) is 3. The summed E-state index contributed by atoms with van der Waals surface area (Å²) < 4.78 is 45.5. The van der Waals surface area contributed by atoms with Gasteiger partial charge in [0.05, 0.1) is 21.7 Å². The number of aromatic nitrogens is 1. The lowest BCUT2D eigenvalue weighted by atomic mass is 10.1. The number of pyridine rings is 1. The summed E-state index contributed by atoms with van der Waals surface area (Å²) >= 11 is 5.87. The first-order valence-electron chi connectivity index (χ1n) is 8.62. The van der Waals surface area contributed by atoms with Gasteiger partial charge in [0.2, 0.25) is 0 Å². The Morgan fingerprint density at radius 1 is 1.17 bits per heavy atom. The lowest BCUT2D eigenvalue weighted by Crippen LogP contribution is -2.21. The molecule has 1 heterocycles. The fourth-order valence-corrected chi connectivity index (χ4v) is 2.96. The first-order chi connectivity index (χ1) is 13.7. The van der Waals surface area contributed by atoms with Crippen LogP contribution >= 0.6 is 11.6 Å². The molecule has 3 rings (SSSR count). The van der Waals surface area contributed by atoms with E-state index >= 15 is 0 Å². The van der Waals surface area contributed by atoms with Crippen molar-refractivity contribution in [3.63, 3.8) is 0 Å². The molecule has 0 radical (unpaired) electrons. The Morgan fingerprint density at radius 2 is 1.93 bits per heavy atom. The Balaban J connectivity index is 1.77. The number of nitrogens with one attached hydrogen (secondary N) is 1. The van der Waals surface area contributed by atoms with E-state index in [4.69, 9.17) is 16.3 Å². The molecule has 0 aliphatic carbocycles. The summed E-state index contributed by atoms with van der Waals surface area (Å²) in [6.07, 6.45) is -2.94. The molecular weight excluding hydrogens is 409 g/mol. The Labute approximate surface area is 168 Å². The molecule has 1 amide bonds. The molecule has 0 atom stereocenters. The molecule has 0 aliphatic heterocycles. The van der Waals surface area contributed by atoms with E-state index in [1.165, 1.54) is 4.57 Å². The number of carbonyl (C=O) groups excluding carboxylic acids is 1. The van der Waals surface area contributed by atoms with Gasteiger partial charge in [0.15, 0.2) is 6.61 Å². The van der Waals surface area contributed by atoms with Gasteiger partial charge in [0.25, 0.3) is 11.5 Å². The molecule has 0 spiro atoms. The van der Waals surface area contributed by atoms with Crippen LogP contribution in [-0.4, -0.2) is 17.1 Å². The summed E-state index contributed by atoms with van der Waals surface area (Å²) in [6.45, 7) is 1.89. The molecule has 1 N–H and O–H groups in total. The minimum absolute atomic E-state index is 0.0309. The van der Waals surface area contributed by atoms with Crippen molar-refractivity contribution >= 4 is 34.0 Å². The predicted octanol–water partition coefficient (Wildman–Crippen LogP) is 4.71. The summed E-state index contributed by atoms with van der Waals surface area (Å²) in [4.78, 5) is 24.5. The van der Waals surface area contributed by atoms with Gasteiger partial charge in [-0.05, 0) is 43.3 Å². The van der Waals surface area contributed by atoms with Crippen LogP contribution < -0.4 is 15.6 Å². The number of carbonyl (C=O) groups is 1. The number of hydrogen-bond donors (Lipinski definition) is 1. The van der Waals surface area contributed by atoms with Crippen molar-refractivity contribution in [1.82, 2.24) is 4.57 Å². The fourth-order valence-electron chi connectivity index (χ4n) is 2.79. The van der Waals surface area contributed by atoms with Crippen LogP contribution in [0.2, 0.25) is 5.02 Å². The zero-order valence-electron chi connectivity index (χ0n) is 15.2. The summed E-state index contributed by atoms with van der Waals surface area (Å²) in [6, 6.07) is 9.23. The maximum absolute atomic E-state index is 12.8. The van der Waals surface area contributed by atoms with Gasteiger partial charge in [-0.15, -0.1) is 0 Å². The fraction of sp³-hybridized carbons (Fsp3) is 0.200. The predicted molar refractivity (Wildman–Crippen MR) is 104 cm³/mol. The van der Waals surface area contributed by atoms with Crippen LogP contribution in [0.1, 0.15) is 12.5 Å². The number of nitrogens with zero attached hydrogens (tertiary/aromatic N) is 1. The number of benzene rings is 2. The van der Waals surface area contributed by atoms with Gasteiger partial charge in [0.1, 0.15) is 5.75 Å². The molecule has 9 heteroatoms. The number of halogens is 4. The molecule has 152 valence electrons. The van der Waals surface area contributed by atoms with Crippen LogP contribution in [0.15, 0.2) is 53.5 Å². The Hall–Kier alpha value is -3.00. The molecule has 1 aromatic heterocycles. The minimum atomic E-state index is -4.56. The standard InChI is InChI=1S/C20H16ClF3N2O3/c1-2-26-9-8-13-14(19(26)28)4-3-5-17(13)29-11-18(27)25-16-10-12(20(22,23)24)6-7-15(16)21/h3-10H,2,11H2,1H3,(H,25,27). The highest BCUT2D eigenvalue weighted by atomic mass is 35.5. The maximum Gasteiger partial charge on any atom is 0.416 e. The third-order valence-corrected chi connectivity index (χ3v) is 4.58. The van der Waals surface area contributed by atoms with Crippen LogP contribution in [-0.2, 0) is 17.5 Å². The Morgan fingerprint density at radius 3 is 2.62 bits per heavy atom. The lowest BCUT2D eigenvalue weighted by molar-refractivity contribution is -0.137. The van der Waals surface area contributed by atoms with Crippen molar-refractivity contribution in [3.8, 4) is 5.75 Å². The van der Waals surface area contributed by atoms with Crippen molar-refractivity contribution in [2.45, 2.75) is 19.6 Å². The van der Waals surface area contributed by atoms with Gasteiger partial charge in [-0.2, -0.15) is 13.2 Å². The van der Waals surface area contributed by atoms with E-state index < -0.39 is 24.3 Å². The molecule has 3 aromatic rings. The number of rotatable bonds is 5. The minimum Gasteiger partial charge on any atom is -0.483 e. The van der Waals surface area contributed by atoms with Crippen LogP contribution in [0.3, 0.4) is 0 Å². The Kier molecular flexibility index (Phi) is 5.83. The second-order valence-corrected chi connectivity index (χ2v) is 6.56. The van der Waals surface area contributed by atoms with Crippen LogP contribution in [0.5, 0.6) is 5.75 Å². The van der Waals surface area contributed by atoms with E-state index in [-0.39, 0.29) is 16.3 Å². The normalized spacial score (nSPS) is 11.5. The Bertz CT molecular complexity index is 1130. The quantitative estimate of drug-likeness (QED) is 0.645. The highest BCUT2D eigenvalue weighted by Gasteiger charge is 2.31. The van der Waals surface area contributed by atoms with Crippen LogP contribution in [0.25, 0.3) is 10.8 Å². The topological polar surface area (TPSA) is 60.3 Å². The number of aryl methyl sites for hydroxylation is 1. The summed E-state index contributed by atoms with van der Waals surface area (Å²) in [7, 11) is 0. The van der Waals surface area contributed by atoms with E-state index in [2.05, 4.69) is 5.32 Å². The monoisotopic (exact) mass is 424 g/mol. The van der Waals surface area contributed by atoms with Gasteiger partial charge >= 0.3 is 6.18 Å². The first-order valence-corrected chi connectivity index (χ1v) is 9.00. The second-order valence-electron chi connectivity index (χ2n) is 6.15. The molecule has 0 fully saturated rings. The van der Waals surface area contributed by atoms with Crippen molar-refractivity contribution in [2.24, 2.45) is 0 Å². The molecule has 0 aliphatic rings. The molecule has 0 unspecified atom stereocenters. The second kappa shape index (κ2) is 8.16. The third-order valence-electron chi connectivity index (χ3n) is 4.25. The molecular formula is C20H16ClF3N2O3. The van der Waals surface area contributed by atoms with Crippen molar-refractivity contribution in [2.75, 3.05) is 11.9 Å². The van der Waals surface area contributed by atoms with Crippen molar-refractivity contribution in [3.05, 3.63) is 69.6 Å². The van der Waals surface area contributed by atoms with Gasteiger partial charge in [-0.1, -0.05) is 17.7 Å². The van der Waals surface area contributed by atoms with E-state index in [0.29, 0.717) is 23.1 Å².